The Morgan fingerprint density at radius 2 is 1.63 bits per heavy atom. The molecule has 0 aliphatic carbocycles. The van der Waals surface area contributed by atoms with Gasteiger partial charge in [-0.2, -0.15) is 8.42 Å². The first kappa shape index (κ1) is 24.9. The van der Waals surface area contributed by atoms with Gasteiger partial charge in [-0.15, -0.1) is 0 Å². The van der Waals surface area contributed by atoms with Crippen molar-refractivity contribution in [1.29, 1.82) is 0 Å². The second-order valence-corrected chi connectivity index (χ2v) is 8.81. The average molecular weight is 512 g/mol. The van der Waals surface area contributed by atoms with Crippen molar-refractivity contribution in [2.24, 2.45) is 0 Å². The summed E-state index contributed by atoms with van der Waals surface area (Å²) in [5.41, 5.74) is -1.52. The number of phenolic OH excluding ortho intramolecular Hbond substituents is 2. The van der Waals surface area contributed by atoms with E-state index in [1.54, 1.807) is 0 Å². The van der Waals surface area contributed by atoms with Gasteiger partial charge in [-0.1, -0.05) is 0 Å². The van der Waals surface area contributed by atoms with Crippen LogP contribution in [0.4, 0.5) is 0 Å². The number of phenols is 2. The van der Waals surface area contributed by atoms with Crippen molar-refractivity contribution in [1.82, 2.24) is 0 Å². The number of hydrogen-bond acceptors (Lipinski definition) is 12. The van der Waals surface area contributed by atoms with Crippen LogP contribution in [0, 0.1) is 0 Å². The van der Waals surface area contributed by atoms with E-state index < -0.39 is 75.4 Å². The molecule has 7 N–H and O–H groups in total. The fourth-order valence-electron chi connectivity index (χ4n) is 3.86. The normalized spacial score (nSPS) is 25.0. The maximum absolute atomic E-state index is 12.9. The SMILES string of the molecule is O=c1cc(-c2ccc(O)cc2)oc2cc(OS(=O)(=O)O)c(C3OC(CO)C(O)C(O)C3O)c(O)c12. The molecule has 0 saturated carbocycles. The van der Waals surface area contributed by atoms with Crippen LogP contribution in [-0.2, 0) is 15.1 Å². The lowest BCUT2D eigenvalue weighted by molar-refractivity contribution is -0.232. The van der Waals surface area contributed by atoms with Crippen molar-refractivity contribution in [3.63, 3.8) is 0 Å². The second-order valence-electron chi connectivity index (χ2n) is 7.79. The predicted molar refractivity (Wildman–Crippen MR) is 116 cm³/mol. The first-order valence-corrected chi connectivity index (χ1v) is 11.4. The van der Waals surface area contributed by atoms with Gasteiger partial charge in [-0.3, -0.25) is 9.35 Å². The Bertz CT molecular complexity index is 1410. The molecule has 1 aliphatic rings. The van der Waals surface area contributed by atoms with Crippen LogP contribution in [0.2, 0.25) is 0 Å². The number of aromatic hydroxyl groups is 2. The van der Waals surface area contributed by atoms with Crippen LogP contribution in [0.1, 0.15) is 11.7 Å². The van der Waals surface area contributed by atoms with E-state index in [0.717, 1.165) is 12.1 Å². The number of hydrogen-bond donors (Lipinski definition) is 7. The van der Waals surface area contributed by atoms with E-state index in [-0.39, 0.29) is 17.1 Å². The third kappa shape index (κ3) is 4.68. The van der Waals surface area contributed by atoms with Gasteiger partial charge in [0.05, 0.1) is 12.2 Å². The summed E-state index contributed by atoms with van der Waals surface area (Å²) in [5, 5.41) is 59.9. The molecule has 0 bridgehead atoms. The van der Waals surface area contributed by atoms with Gasteiger partial charge in [0.15, 0.2) is 11.2 Å². The molecule has 1 saturated heterocycles. The van der Waals surface area contributed by atoms with E-state index in [0.29, 0.717) is 5.56 Å². The fourth-order valence-corrected chi connectivity index (χ4v) is 4.23. The highest BCUT2D eigenvalue weighted by molar-refractivity contribution is 7.81. The van der Waals surface area contributed by atoms with Gasteiger partial charge in [0, 0.05) is 17.7 Å². The number of benzene rings is 2. The van der Waals surface area contributed by atoms with E-state index >= 15 is 0 Å². The van der Waals surface area contributed by atoms with Gasteiger partial charge in [0.25, 0.3) is 0 Å². The predicted octanol–water partition coefficient (Wildman–Crippen LogP) is -0.432. The molecule has 5 atom stereocenters. The molecule has 0 amide bonds. The molecular formula is C21H20O13S. The van der Waals surface area contributed by atoms with Crippen molar-refractivity contribution in [3.8, 4) is 28.6 Å². The lowest BCUT2D eigenvalue weighted by atomic mass is 9.89. The first-order chi connectivity index (χ1) is 16.4. The molecule has 2 aromatic carbocycles. The lowest BCUT2D eigenvalue weighted by Crippen LogP contribution is -2.55. The summed E-state index contributed by atoms with van der Waals surface area (Å²) in [4.78, 5) is 12.9. The standard InChI is InChI=1S/C21H20O13S/c22-7-14-17(25)19(27)20(28)21(33-14)16-13(34-35(29,30)31)6-12-15(18(16)26)10(24)5-11(32-12)8-1-3-9(23)4-2-8/h1-6,14,17,19-23,25-28H,7H2,(H,29,30,31). The van der Waals surface area contributed by atoms with Gasteiger partial charge in [0.2, 0.25) is 0 Å². The smallest absolute Gasteiger partial charge is 0.446 e. The Labute approximate surface area is 196 Å². The third-order valence-electron chi connectivity index (χ3n) is 5.52. The third-order valence-corrected chi connectivity index (χ3v) is 5.91. The van der Waals surface area contributed by atoms with Crippen molar-refractivity contribution in [3.05, 3.63) is 52.2 Å². The van der Waals surface area contributed by atoms with Gasteiger partial charge in [0.1, 0.15) is 58.7 Å². The van der Waals surface area contributed by atoms with Crippen molar-refractivity contribution in [2.45, 2.75) is 30.5 Å². The van der Waals surface area contributed by atoms with E-state index in [1.807, 2.05) is 0 Å². The summed E-state index contributed by atoms with van der Waals surface area (Å²) < 4.78 is 47.7. The van der Waals surface area contributed by atoms with Gasteiger partial charge < -0.3 is 44.0 Å². The maximum atomic E-state index is 12.9. The van der Waals surface area contributed by atoms with Gasteiger partial charge in [-0.25, -0.2) is 0 Å². The number of ether oxygens (including phenoxy) is 1. The number of aliphatic hydroxyl groups excluding tert-OH is 4. The molecular weight excluding hydrogens is 492 g/mol. The number of rotatable bonds is 5. The molecule has 14 heteroatoms. The first-order valence-electron chi connectivity index (χ1n) is 10.0. The minimum Gasteiger partial charge on any atom is -0.508 e. The lowest BCUT2D eigenvalue weighted by Gasteiger charge is -2.40. The summed E-state index contributed by atoms with van der Waals surface area (Å²) >= 11 is 0. The van der Waals surface area contributed by atoms with E-state index in [1.165, 1.54) is 24.3 Å². The zero-order valence-corrected chi connectivity index (χ0v) is 18.4. The topological polar surface area (TPSA) is 224 Å². The van der Waals surface area contributed by atoms with Crippen LogP contribution in [-0.4, -0.2) is 74.6 Å². The Balaban J connectivity index is 1.96. The van der Waals surface area contributed by atoms with Crippen LogP contribution < -0.4 is 9.61 Å². The molecule has 1 fully saturated rings. The number of fused-ring (bicyclic) bond motifs is 1. The van der Waals surface area contributed by atoms with Gasteiger partial charge in [-0.05, 0) is 24.3 Å². The Morgan fingerprint density at radius 3 is 2.23 bits per heavy atom. The molecule has 188 valence electrons. The Hall–Kier alpha value is -3.24. The van der Waals surface area contributed by atoms with E-state index in [2.05, 4.69) is 4.18 Å². The van der Waals surface area contributed by atoms with Crippen LogP contribution >= 0.6 is 0 Å². The van der Waals surface area contributed by atoms with Crippen molar-refractivity contribution < 1.29 is 56.9 Å². The highest BCUT2D eigenvalue weighted by Gasteiger charge is 2.46. The zero-order chi connectivity index (χ0) is 25.7. The molecule has 13 nitrogen and oxygen atoms in total. The maximum Gasteiger partial charge on any atom is 0.446 e. The summed E-state index contributed by atoms with van der Waals surface area (Å²) in [6.07, 6.45) is -8.92. The van der Waals surface area contributed by atoms with E-state index in [9.17, 15) is 48.4 Å². The summed E-state index contributed by atoms with van der Waals surface area (Å²) in [5.74, 6) is -1.87. The minimum absolute atomic E-state index is 0.0275. The molecule has 35 heavy (non-hydrogen) atoms. The Morgan fingerprint density at radius 1 is 0.971 bits per heavy atom. The van der Waals surface area contributed by atoms with Crippen LogP contribution in [0.15, 0.2) is 45.6 Å². The second kappa shape index (κ2) is 9.09. The largest absolute Gasteiger partial charge is 0.508 e. The summed E-state index contributed by atoms with van der Waals surface area (Å²) in [6.45, 7) is -0.831. The van der Waals surface area contributed by atoms with Crippen LogP contribution in [0.5, 0.6) is 17.2 Å². The molecule has 1 aromatic heterocycles. The quantitative estimate of drug-likeness (QED) is 0.216. The van der Waals surface area contributed by atoms with Crippen LogP contribution in [0.25, 0.3) is 22.3 Å². The fraction of sp³-hybridized carbons (Fsp3) is 0.286. The molecule has 3 aromatic rings. The molecule has 0 spiro atoms. The van der Waals surface area contributed by atoms with Crippen molar-refractivity contribution in [2.75, 3.05) is 6.61 Å². The van der Waals surface area contributed by atoms with Gasteiger partial charge >= 0.3 is 10.4 Å². The summed E-state index contributed by atoms with van der Waals surface area (Å²) in [7, 11) is -5.22. The molecule has 2 heterocycles. The average Bonchev–Trinajstić information content (AvgIpc) is 2.77. The van der Waals surface area contributed by atoms with Crippen molar-refractivity contribution >= 4 is 21.4 Å². The Kier molecular flexibility index (Phi) is 6.46. The van der Waals surface area contributed by atoms with E-state index in [4.69, 9.17) is 9.15 Å². The highest BCUT2D eigenvalue weighted by atomic mass is 32.3. The van der Waals surface area contributed by atoms with Crippen LogP contribution in [0.3, 0.4) is 0 Å². The molecule has 5 unspecified atom stereocenters. The molecule has 0 radical (unpaired) electrons. The highest BCUT2D eigenvalue weighted by Crippen LogP contribution is 2.45. The zero-order valence-electron chi connectivity index (χ0n) is 17.5. The monoisotopic (exact) mass is 512 g/mol. The minimum atomic E-state index is -5.22. The molecule has 4 rings (SSSR count). The number of aliphatic hydroxyl groups is 4. The molecule has 1 aliphatic heterocycles. The summed E-state index contributed by atoms with van der Waals surface area (Å²) in [6, 6.07) is 7.35.